The average molecular weight is 726 g/mol. The predicted octanol–water partition coefficient (Wildman–Crippen LogP) is 9.49. The van der Waals surface area contributed by atoms with Crippen LogP contribution in [-0.2, 0) is 6.42 Å². The zero-order valence-corrected chi connectivity index (χ0v) is 19.9. The van der Waals surface area contributed by atoms with E-state index in [1.807, 2.05) is 0 Å². The molecule has 0 aliphatic heterocycles. The van der Waals surface area contributed by atoms with Crippen molar-refractivity contribution in [3.63, 3.8) is 0 Å². The minimum atomic E-state index is -9.61. The van der Waals surface area contributed by atoms with Crippen LogP contribution in [0.1, 0.15) is 5.56 Å². The second-order valence-corrected chi connectivity index (χ2v) is 8.79. The highest BCUT2D eigenvalue weighted by atomic mass is 19.4. The van der Waals surface area contributed by atoms with Crippen LogP contribution in [0.3, 0.4) is 0 Å². The number of rotatable bonds is 12. The molecule has 45 heavy (non-hydrogen) atoms. The summed E-state index contributed by atoms with van der Waals surface area (Å²) in [6.07, 6.45) is -11.2. The van der Waals surface area contributed by atoms with E-state index in [2.05, 4.69) is 0 Å². The molecule has 0 heterocycles. The van der Waals surface area contributed by atoms with Crippen molar-refractivity contribution in [1.82, 2.24) is 0 Å². The smallest absolute Gasteiger partial charge is 0.460 e. The fourth-order valence-corrected chi connectivity index (χ4v) is 2.97. The maximum Gasteiger partial charge on any atom is 0.460 e. The van der Waals surface area contributed by atoms with Crippen LogP contribution in [0.25, 0.3) is 0 Å². The van der Waals surface area contributed by atoms with E-state index in [4.69, 9.17) is 5.11 Å². The maximum atomic E-state index is 13.9. The van der Waals surface area contributed by atoms with Crippen LogP contribution < -0.4 is 0 Å². The Hall–Kier alpha value is -2.73. The van der Waals surface area contributed by atoms with Crippen molar-refractivity contribution in [2.75, 3.05) is 0 Å². The highest BCUT2D eigenvalue weighted by molar-refractivity contribution is 5.28. The van der Waals surface area contributed by atoms with Gasteiger partial charge in [0.15, 0.2) is 0 Å². The summed E-state index contributed by atoms with van der Waals surface area (Å²) < 4.78 is 336. The molecular weight excluding hydrogens is 719 g/mol. The van der Waals surface area contributed by atoms with Crippen molar-refractivity contribution in [2.24, 2.45) is 0 Å². The molecule has 1 aromatic rings. The van der Waals surface area contributed by atoms with E-state index in [1.165, 1.54) is 0 Å². The molecule has 0 saturated heterocycles. The van der Waals surface area contributed by atoms with Gasteiger partial charge in [0.2, 0.25) is 0 Å². The Bertz CT molecular complexity index is 1210. The van der Waals surface area contributed by atoms with Gasteiger partial charge in [-0.05, 0) is 17.7 Å². The molecule has 1 aromatic carbocycles. The van der Waals surface area contributed by atoms with E-state index < -0.39 is 89.1 Å². The molecule has 0 atom stereocenters. The van der Waals surface area contributed by atoms with Gasteiger partial charge < -0.3 is 5.11 Å². The average Bonchev–Trinajstić information content (AvgIpc) is 2.83. The Kier molecular flexibility index (Phi) is 9.30. The SMILES string of the molecule is Oc1ccc(CC(F)(F)C(F)(F)C(F)(F)C(F)(F)C(F)(F)C(F)(F)C(F)(F)C(F)(F)C(F)(F)C(F)(F)C(F)(F)C(F)(F)F)cc1. The lowest BCUT2D eigenvalue weighted by molar-refractivity contribution is -0.482. The number of hydrogen-bond donors (Lipinski definition) is 1. The number of alkyl halides is 25. The molecule has 1 N–H and O–H groups in total. The minimum absolute atomic E-state index is 0.138. The first-order valence-electron chi connectivity index (χ1n) is 10.2. The molecule has 0 spiro atoms. The van der Waals surface area contributed by atoms with Crippen LogP contribution >= 0.6 is 0 Å². The van der Waals surface area contributed by atoms with Gasteiger partial charge in [-0.3, -0.25) is 0 Å². The zero-order valence-electron chi connectivity index (χ0n) is 19.9. The Balaban J connectivity index is 3.83. The minimum Gasteiger partial charge on any atom is -0.508 e. The van der Waals surface area contributed by atoms with E-state index in [9.17, 15) is 110 Å². The third-order valence-electron chi connectivity index (χ3n) is 5.73. The Morgan fingerprint density at radius 2 is 0.556 bits per heavy atom. The van der Waals surface area contributed by atoms with Gasteiger partial charge in [0.1, 0.15) is 5.75 Å². The van der Waals surface area contributed by atoms with Gasteiger partial charge in [-0.25, -0.2) is 0 Å². The van der Waals surface area contributed by atoms with E-state index >= 15 is 0 Å². The predicted molar refractivity (Wildman–Crippen MR) is 92.3 cm³/mol. The summed E-state index contributed by atoms with van der Waals surface area (Å²) in [6, 6.07) is 0.910. The molecule has 264 valence electrons. The summed E-state index contributed by atoms with van der Waals surface area (Å²) in [6.45, 7) is 0. The summed E-state index contributed by atoms with van der Waals surface area (Å²) >= 11 is 0. The van der Waals surface area contributed by atoms with Crippen LogP contribution in [0.2, 0.25) is 0 Å². The lowest BCUT2D eigenvalue weighted by atomic mass is 9.84. The molecule has 0 radical (unpaired) electrons. The summed E-state index contributed by atoms with van der Waals surface area (Å²) in [5.74, 6) is -99.4. The molecular formula is C19H7F25O. The first-order chi connectivity index (χ1) is 19.2. The molecule has 0 amide bonds. The third kappa shape index (κ3) is 5.14. The topological polar surface area (TPSA) is 20.2 Å². The molecule has 0 saturated carbocycles. The number of phenols is 1. The first-order valence-corrected chi connectivity index (χ1v) is 10.2. The lowest BCUT2D eigenvalue weighted by Gasteiger charge is -2.45. The Morgan fingerprint density at radius 3 is 0.800 bits per heavy atom. The maximum absolute atomic E-state index is 13.9. The van der Waals surface area contributed by atoms with E-state index in [0.717, 1.165) is 0 Å². The monoisotopic (exact) mass is 726 g/mol. The van der Waals surface area contributed by atoms with Crippen molar-refractivity contribution in [1.29, 1.82) is 0 Å². The van der Waals surface area contributed by atoms with Crippen molar-refractivity contribution in [3.05, 3.63) is 29.8 Å². The lowest BCUT2D eigenvalue weighted by Crippen LogP contribution is -2.78. The van der Waals surface area contributed by atoms with Crippen molar-refractivity contribution >= 4 is 0 Å². The molecule has 1 rings (SSSR count). The molecule has 0 aliphatic carbocycles. The quantitative estimate of drug-likeness (QED) is 0.213. The molecule has 1 nitrogen and oxygen atoms in total. The molecule has 26 heteroatoms. The Morgan fingerprint density at radius 1 is 0.333 bits per heavy atom. The second-order valence-electron chi connectivity index (χ2n) is 8.79. The van der Waals surface area contributed by atoms with E-state index in [1.54, 1.807) is 0 Å². The van der Waals surface area contributed by atoms with Gasteiger partial charge in [-0.15, -0.1) is 0 Å². The van der Waals surface area contributed by atoms with Gasteiger partial charge in [0, 0.05) is 6.42 Å². The molecule has 0 unspecified atom stereocenters. The van der Waals surface area contributed by atoms with Crippen molar-refractivity contribution in [3.8, 4) is 5.75 Å². The van der Waals surface area contributed by atoms with Gasteiger partial charge in [-0.1, -0.05) is 12.1 Å². The molecule has 0 fully saturated rings. The third-order valence-corrected chi connectivity index (χ3v) is 5.73. The fourth-order valence-electron chi connectivity index (χ4n) is 2.97. The number of benzene rings is 1. The van der Waals surface area contributed by atoms with E-state index in [0.29, 0.717) is 12.1 Å². The number of aromatic hydroxyl groups is 1. The first kappa shape index (κ1) is 40.3. The van der Waals surface area contributed by atoms with Crippen molar-refractivity contribution in [2.45, 2.75) is 77.7 Å². The van der Waals surface area contributed by atoms with Crippen LogP contribution in [-0.4, -0.2) is 76.4 Å². The highest BCUT2D eigenvalue weighted by Gasteiger charge is 2.99. The normalized spacial score (nSPS) is 16.3. The van der Waals surface area contributed by atoms with Gasteiger partial charge in [0.25, 0.3) is 0 Å². The summed E-state index contributed by atoms with van der Waals surface area (Å²) in [5, 5.41) is 8.91. The van der Waals surface area contributed by atoms with Crippen LogP contribution in [0, 0.1) is 0 Å². The fraction of sp³-hybridized carbons (Fsp3) is 0.684. The number of phenolic OH excluding ortho intramolecular Hbond substituents is 1. The molecule has 0 aliphatic rings. The largest absolute Gasteiger partial charge is 0.508 e. The van der Waals surface area contributed by atoms with Crippen LogP contribution in [0.15, 0.2) is 24.3 Å². The number of hydrogen-bond acceptors (Lipinski definition) is 1. The molecule has 0 bridgehead atoms. The molecule has 0 aromatic heterocycles. The summed E-state index contributed by atoms with van der Waals surface area (Å²) in [4.78, 5) is 0. The second kappa shape index (κ2) is 10.4. The van der Waals surface area contributed by atoms with Crippen molar-refractivity contribution < 1.29 is 115 Å². The number of halogens is 25. The standard InChI is InChI=1S/C19H7F25O/c20-8(21,5-6-1-3-7(45)4-2-6)9(22,23)10(24,25)11(26,27)12(28,29)13(30,31)14(32,33)15(34,35)16(36,37)17(38,39)18(40,41)19(42,43)44/h1-4,45H,5H2. The van der Waals surface area contributed by atoms with Crippen LogP contribution in [0.4, 0.5) is 110 Å². The highest BCUT2D eigenvalue weighted by Crippen LogP contribution is 2.67. The zero-order chi connectivity index (χ0) is 36.7. The Labute approximate surface area is 229 Å². The summed E-state index contributed by atoms with van der Waals surface area (Å²) in [5.41, 5.74) is -1.38. The van der Waals surface area contributed by atoms with Crippen LogP contribution in [0.5, 0.6) is 5.75 Å². The summed E-state index contributed by atoms with van der Waals surface area (Å²) in [7, 11) is 0. The van der Waals surface area contributed by atoms with Gasteiger partial charge in [-0.2, -0.15) is 110 Å². The van der Waals surface area contributed by atoms with Gasteiger partial charge in [0.05, 0.1) is 0 Å². The van der Waals surface area contributed by atoms with E-state index in [-0.39, 0.29) is 12.1 Å². The van der Waals surface area contributed by atoms with Gasteiger partial charge >= 0.3 is 71.3 Å².